The average Bonchev–Trinajstić information content (AvgIpc) is 2.84. The molecule has 2 aromatic carbocycles. The maximum atomic E-state index is 12.9. The highest BCUT2D eigenvalue weighted by Gasteiger charge is 2.33. The van der Waals surface area contributed by atoms with Gasteiger partial charge in [-0.2, -0.15) is 0 Å². The molecule has 2 rings (SSSR count). The van der Waals surface area contributed by atoms with Crippen LogP contribution in [0.2, 0.25) is 5.02 Å². The lowest BCUT2D eigenvalue weighted by Gasteiger charge is -2.32. The zero-order valence-corrected chi connectivity index (χ0v) is 23.1. The van der Waals surface area contributed by atoms with Gasteiger partial charge >= 0.3 is 18.0 Å². The predicted octanol–water partition coefficient (Wildman–Crippen LogP) is 4.14. The number of rotatable bonds is 10. The van der Waals surface area contributed by atoms with E-state index in [1.807, 2.05) is 0 Å². The Morgan fingerprint density at radius 2 is 1.73 bits per heavy atom. The number of urea groups is 2. The number of amides is 4. The highest BCUT2D eigenvalue weighted by Crippen LogP contribution is 2.28. The molecule has 0 aliphatic carbocycles. The first kappa shape index (κ1) is 30.1. The molecule has 0 aliphatic rings. The van der Waals surface area contributed by atoms with Gasteiger partial charge in [-0.3, -0.25) is 9.52 Å². The van der Waals surface area contributed by atoms with Crippen molar-refractivity contribution in [3.05, 3.63) is 58.6 Å². The van der Waals surface area contributed by atoms with Crippen LogP contribution in [0.25, 0.3) is 0 Å². The minimum atomic E-state index is -1.07. The molecule has 202 valence electrons. The highest BCUT2D eigenvalue weighted by atomic mass is 35.5. The van der Waals surface area contributed by atoms with E-state index in [2.05, 4.69) is 20.7 Å². The van der Waals surface area contributed by atoms with Crippen molar-refractivity contribution >= 4 is 47.3 Å². The van der Waals surface area contributed by atoms with E-state index in [-0.39, 0.29) is 19.9 Å². The van der Waals surface area contributed by atoms with Crippen LogP contribution >= 0.6 is 23.5 Å². The third kappa shape index (κ3) is 9.34. The zero-order chi connectivity index (χ0) is 27.6. The molecule has 0 heterocycles. The summed E-state index contributed by atoms with van der Waals surface area (Å²) in [5.74, 6) is -0.397. The smallest absolute Gasteiger partial charge is 0.325 e. The van der Waals surface area contributed by atoms with Gasteiger partial charge in [0.05, 0.1) is 21.5 Å². The number of carbonyl (C=O) groups is 3. The quantitative estimate of drug-likeness (QED) is 0.129. The molecule has 0 saturated heterocycles. The number of carbonyl (C=O) groups excluding carboxylic acids is 3. The van der Waals surface area contributed by atoms with Crippen molar-refractivity contribution in [3.8, 4) is 0 Å². The van der Waals surface area contributed by atoms with Crippen LogP contribution in [-0.4, -0.2) is 38.5 Å². The molecule has 0 radical (unpaired) electrons. The van der Waals surface area contributed by atoms with Gasteiger partial charge in [-0.25, -0.2) is 9.59 Å². The van der Waals surface area contributed by atoms with Gasteiger partial charge in [0, 0.05) is 18.7 Å². The number of nitrogen functional groups attached to an aromatic ring is 1. The van der Waals surface area contributed by atoms with Crippen LogP contribution in [0.15, 0.2) is 47.4 Å². The summed E-state index contributed by atoms with van der Waals surface area (Å²) in [4.78, 5) is 37.6. The second-order valence-corrected chi connectivity index (χ2v) is 10.7. The summed E-state index contributed by atoms with van der Waals surface area (Å²) in [7, 11) is 1.47. The van der Waals surface area contributed by atoms with Crippen LogP contribution in [0.5, 0.6) is 0 Å². The fourth-order valence-corrected chi connectivity index (χ4v) is 3.87. The summed E-state index contributed by atoms with van der Waals surface area (Å²) in [5.41, 5.74) is 6.25. The summed E-state index contributed by atoms with van der Waals surface area (Å²) >= 11 is 7.19. The molecule has 0 aliphatic heterocycles. The van der Waals surface area contributed by atoms with E-state index < -0.39 is 29.0 Å². The van der Waals surface area contributed by atoms with Crippen LogP contribution in [0.3, 0.4) is 0 Å². The number of hydrogen-bond acceptors (Lipinski definition) is 7. The molecule has 0 saturated carbocycles. The number of hydrogen-bond donors (Lipinski definition) is 5. The maximum absolute atomic E-state index is 12.9. The second kappa shape index (κ2) is 13.4. The molecule has 6 N–H and O–H groups in total. The van der Waals surface area contributed by atoms with E-state index in [9.17, 15) is 14.4 Å². The number of ether oxygens (including phenoxy) is 2. The van der Waals surface area contributed by atoms with Crippen molar-refractivity contribution in [1.29, 1.82) is 0 Å². The molecule has 0 aromatic heterocycles. The number of nitrogens with two attached hydrogens (primary N) is 1. The Hall–Kier alpha value is -3.15. The molecule has 0 fully saturated rings. The topological polar surface area (TPSA) is 144 Å². The Morgan fingerprint density at radius 1 is 1.03 bits per heavy atom. The third-order valence-corrected chi connectivity index (χ3v) is 6.28. The molecule has 37 heavy (non-hydrogen) atoms. The molecule has 0 spiro atoms. The fourth-order valence-electron chi connectivity index (χ4n) is 3.04. The first-order valence-corrected chi connectivity index (χ1v) is 12.6. The van der Waals surface area contributed by atoms with Crippen molar-refractivity contribution in [1.82, 2.24) is 20.7 Å². The molecule has 10 nitrogen and oxygen atoms in total. The Labute approximate surface area is 226 Å². The molecular weight excluding hydrogens is 518 g/mol. The van der Waals surface area contributed by atoms with Gasteiger partial charge in [0.1, 0.15) is 13.3 Å². The second-order valence-electron chi connectivity index (χ2n) is 9.45. The van der Waals surface area contributed by atoms with Crippen molar-refractivity contribution in [3.63, 3.8) is 0 Å². The van der Waals surface area contributed by atoms with E-state index in [1.54, 1.807) is 70.2 Å². The standard InChI is InChI=1S/C25H34ClN5O5S/c1-24(2,3)21(32)36-14-25(4,17-9-7-10-18(26)12-17)30-23(34)31-37-19-11-6-8-16(20(19)27)13-28-22(33)29-15-35-5/h6-12H,13-15,27H2,1-5H3,(H2,28,29,33)(H2,30,31,34). The van der Waals surface area contributed by atoms with Gasteiger partial charge < -0.3 is 31.2 Å². The number of benzene rings is 2. The van der Waals surface area contributed by atoms with Gasteiger partial charge in [-0.1, -0.05) is 35.9 Å². The van der Waals surface area contributed by atoms with E-state index in [4.69, 9.17) is 26.8 Å². The summed E-state index contributed by atoms with van der Waals surface area (Å²) in [6.45, 7) is 7.17. The molecule has 1 unspecified atom stereocenters. The Kier molecular flexibility index (Phi) is 10.9. The normalized spacial score (nSPS) is 12.7. The summed E-state index contributed by atoms with van der Waals surface area (Å²) < 4.78 is 13.0. The van der Waals surface area contributed by atoms with Gasteiger partial charge in [0.15, 0.2) is 0 Å². The van der Waals surface area contributed by atoms with Crippen LogP contribution < -0.4 is 26.4 Å². The molecule has 2 aromatic rings. The monoisotopic (exact) mass is 551 g/mol. The predicted molar refractivity (Wildman–Crippen MR) is 145 cm³/mol. The number of esters is 1. The van der Waals surface area contributed by atoms with Crippen molar-refractivity contribution in [2.24, 2.45) is 5.41 Å². The van der Waals surface area contributed by atoms with Gasteiger partial charge in [-0.15, -0.1) is 0 Å². The molecule has 0 bridgehead atoms. The van der Waals surface area contributed by atoms with E-state index in [0.29, 0.717) is 26.7 Å². The third-order valence-electron chi connectivity index (χ3n) is 5.18. The van der Waals surface area contributed by atoms with Gasteiger partial charge in [0.25, 0.3) is 0 Å². The minimum absolute atomic E-state index is 0.0831. The highest BCUT2D eigenvalue weighted by molar-refractivity contribution is 7.98. The van der Waals surface area contributed by atoms with Gasteiger partial charge in [-0.05, 0) is 69.0 Å². The van der Waals surface area contributed by atoms with Crippen LogP contribution in [0, 0.1) is 5.41 Å². The van der Waals surface area contributed by atoms with Gasteiger partial charge in [0.2, 0.25) is 0 Å². The average molecular weight is 552 g/mol. The summed E-state index contributed by atoms with van der Waals surface area (Å²) in [6.07, 6.45) is 0. The molecule has 1 atom stereocenters. The summed E-state index contributed by atoms with van der Waals surface area (Å²) in [5, 5.41) is 8.57. The lowest BCUT2D eigenvalue weighted by atomic mass is 9.92. The summed E-state index contributed by atoms with van der Waals surface area (Å²) in [6, 6.07) is 11.3. The lowest BCUT2D eigenvalue weighted by molar-refractivity contribution is -0.155. The lowest BCUT2D eigenvalue weighted by Crippen LogP contribution is -2.50. The van der Waals surface area contributed by atoms with E-state index >= 15 is 0 Å². The number of para-hydroxylation sites is 1. The van der Waals surface area contributed by atoms with E-state index in [1.165, 1.54) is 7.11 Å². The van der Waals surface area contributed by atoms with Crippen LogP contribution in [0.4, 0.5) is 15.3 Å². The first-order chi connectivity index (χ1) is 17.4. The number of halogens is 1. The first-order valence-electron chi connectivity index (χ1n) is 11.4. The molecular formula is C25H34ClN5O5S. The Balaban J connectivity index is 2.09. The largest absolute Gasteiger partial charge is 0.462 e. The van der Waals surface area contributed by atoms with Crippen molar-refractivity contribution < 1.29 is 23.9 Å². The molecule has 12 heteroatoms. The van der Waals surface area contributed by atoms with Crippen LogP contribution in [0.1, 0.15) is 38.8 Å². The number of methoxy groups -OCH3 is 1. The van der Waals surface area contributed by atoms with E-state index in [0.717, 1.165) is 11.9 Å². The number of nitrogens with one attached hydrogen (secondary N) is 4. The maximum Gasteiger partial charge on any atom is 0.325 e. The SMILES string of the molecule is COCNC(=O)NCc1cccc(SNC(=O)NC(C)(COC(=O)C(C)(C)C)c2cccc(Cl)c2)c1N. The van der Waals surface area contributed by atoms with Crippen LogP contribution in [-0.2, 0) is 26.4 Å². The number of anilines is 1. The fraction of sp³-hybridized carbons (Fsp3) is 0.400. The Bertz CT molecular complexity index is 1110. The molecule has 4 amide bonds. The van der Waals surface area contributed by atoms with Crippen molar-refractivity contribution in [2.75, 3.05) is 26.2 Å². The van der Waals surface area contributed by atoms with Crippen molar-refractivity contribution in [2.45, 2.75) is 44.7 Å². The minimum Gasteiger partial charge on any atom is -0.462 e. The zero-order valence-electron chi connectivity index (χ0n) is 21.6. The Morgan fingerprint density at radius 3 is 2.38 bits per heavy atom.